The Balaban J connectivity index is 2.23. The smallest absolute Gasteiger partial charge is 0.338 e. The number of aromatic amines is 1. The van der Waals surface area contributed by atoms with Crippen LogP contribution in [0.15, 0.2) is 36.4 Å². The molecule has 0 aliphatic carbocycles. The maximum absolute atomic E-state index is 11.8. The van der Waals surface area contributed by atoms with Crippen LogP contribution in [-0.4, -0.2) is 17.6 Å². The van der Waals surface area contributed by atoms with Gasteiger partial charge in [0.15, 0.2) is 0 Å². The van der Waals surface area contributed by atoms with E-state index in [1.807, 2.05) is 19.1 Å². The fraction of sp³-hybridized carbons (Fsp3) is 0.188. The van der Waals surface area contributed by atoms with Gasteiger partial charge in [0.05, 0.1) is 12.2 Å². The molecule has 0 atom stereocenters. The predicted octanol–water partition coefficient (Wildman–Crippen LogP) is 3.81. The van der Waals surface area contributed by atoms with Gasteiger partial charge in [-0.3, -0.25) is 0 Å². The minimum atomic E-state index is -0.272. The van der Waals surface area contributed by atoms with Gasteiger partial charge in [0.1, 0.15) is 0 Å². The van der Waals surface area contributed by atoms with Crippen LogP contribution in [0.3, 0.4) is 0 Å². The van der Waals surface area contributed by atoms with Gasteiger partial charge < -0.3 is 9.72 Å². The van der Waals surface area contributed by atoms with Crippen LogP contribution in [0.4, 0.5) is 0 Å². The van der Waals surface area contributed by atoms with E-state index in [1.165, 1.54) is 5.56 Å². The van der Waals surface area contributed by atoms with Gasteiger partial charge in [-0.2, -0.15) is 0 Å². The molecule has 1 heterocycles. The molecular weight excluding hydrogens is 238 g/mol. The Morgan fingerprint density at radius 3 is 2.53 bits per heavy atom. The van der Waals surface area contributed by atoms with E-state index in [-0.39, 0.29) is 5.97 Å². The molecule has 3 rings (SSSR count). The Morgan fingerprint density at radius 1 is 1.11 bits per heavy atom. The van der Waals surface area contributed by atoms with Crippen LogP contribution in [0.2, 0.25) is 0 Å². The maximum Gasteiger partial charge on any atom is 0.338 e. The zero-order chi connectivity index (χ0) is 13.4. The summed E-state index contributed by atoms with van der Waals surface area (Å²) in [6.07, 6.45) is 0. The zero-order valence-corrected chi connectivity index (χ0v) is 11.0. The molecule has 0 saturated carbocycles. The van der Waals surface area contributed by atoms with Gasteiger partial charge in [0, 0.05) is 21.8 Å². The molecule has 0 spiro atoms. The van der Waals surface area contributed by atoms with Crippen LogP contribution in [0.1, 0.15) is 22.8 Å². The molecule has 1 N–H and O–H groups in total. The summed E-state index contributed by atoms with van der Waals surface area (Å²) in [5.41, 5.74) is 3.92. The lowest BCUT2D eigenvalue weighted by atomic mass is 10.1. The van der Waals surface area contributed by atoms with Crippen LogP contribution in [0, 0.1) is 6.92 Å². The minimum absolute atomic E-state index is 0.272. The number of carbonyl (C=O) groups excluding carboxylic acids is 1. The molecule has 2 aromatic carbocycles. The number of rotatable bonds is 2. The van der Waals surface area contributed by atoms with Crippen LogP contribution >= 0.6 is 0 Å². The van der Waals surface area contributed by atoms with Crippen LogP contribution in [0.25, 0.3) is 21.8 Å². The summed E-state index contributed by atoms with van der Waals surface area (Å²) in [4.78, 5) is 15.1. The van der Waals surface area contributed by atoms with Crippen molar-refractivity contribution in [2.45, 2.75) is 13.8 Å². The second-order valence-corrected chi connectivity index (χ2v) is 4.65. The van der Waals surface area contributed by atoms with Crippen molar-refractivity contribution in [1.82, 2.24) is 4.98 Å². The number of aromatic nitrogens is 1. The Morgan fingerprint density at radius 2 is 1.79 bits per heavy atom. The fourth-order valence-corrected chi connectivity index (χ4v) is 2.35. The summed E-state index contributed by atoms with van der Waals surface area (Å²) >= 11 is 0. The van der Waals surface area contributed by atoms with Gasteiger partial charge in [-0.15, -0.1) is 0 Å². The second-order valence-electron chi connectivity index (χ2n) is 4.65. The molecule has 0 aliphatic rings. The molecule has 3 heteroatoms. The Hall–Kier alpha value is -2.29. The number of H-pyrrole nitrogens is 1. The van der Waals surface area contributed by atoms with E-state index < -0.39 is 0 Å². The first-order valence-electron chi connectivity index (χ1n) is 6.38. The first-order valence-corrected chi connectivity index (χ1v) is 6.38. The lowest BCUT2D eigenvalue weighted by molar-refractivity contribution is 0.0526. The maximum atomic E-state index is 11.8. The third kappa shape index (κ3) is 1.97. The number of esters is 1. The van der Waals surface area contributed by atoms with Gasteiger partial charge in [-0.25, -0.2) is 4.79 Å². The van der Waals surface area contributed by atoms with Gasteiger partial charge >= 0.3 is 5.97 Å². The average molecular weight is 253 g/mol. The summed E-state index contributed by atoms with van der Waals surface area (Å²) in [6, 6.07) is 11.9. The van der Waals surface area contributed by atoms with Crippen molar-refractivity contribution < 1.29 is 9.53 Å². The van der Waals surface area contributed by atoms with Crippen molar-refractivity contribution in [3.8, 4) is 0 Å². The van der Waals surface area contributed by atoms with Crippen LogP contribution in [-0.2, 0) is 4.74 Å². The summed E-state index contributed by atoms with van der Waals surface area (Å²) in [7, 11) is 0. The summed E-state index contributed by atoms with van der Waals surface area (Å²) < 4.78 is 5.04. The number of benzene rings is 2. The Bertz CT molecular complexity index is 771. The van der Waals surface area contributed by atoms with E-state index in [4.69, 9.17) is 4.74 Å². The number of carbonyl (C=O) groups is 1. The average Bonchev–Trinajstić information content (AvgIpc) is 2.76. The highest BCUT2D eigenvalue weighted by atomic mass is 16.5. The molecule has 19 heavy (non-hydrogen) atoms. The van der Waals surface area contributed by atoms with Crippen LogP contribution < -0.4 is 0 Å². The van der Waals surface area contributed by atoms with Gasteiger partial charge in [-0.1, -0.05) is 11.6 Å². The largest absolute Gasteiger partial charge is 0.462 e. The second kappa shape index (κ2) is 4.43. The van der Waals surface area contributed by atoms with E-state index in [1.54, 1.807) is 6.07 Å². The standard InChI is InChI=1S/C16H15NO2/c1-3-19-16(18)11-5-7-15-13(9-11)12-8-10(2)4-6-14(12)17-15/h4-9,17H,3H2,1-2H3. The van der Waals surface area contributed by atoms with Crippen LogP contribution in [0.5, 0.6) is 0 Å². The lowest BCUT2D eigenvalue weighted by Crippen LogP contribution is -2.03. The van der Waals surface area contributed by atoms with Crippen molar-refractivity contribution in [3.05, 3.63) is 47.5 Å². The lowest BCUT2D eigenvalue weighted by Gasteiger charge is -2.01. The SMILES string of the molecule is CCOC(=O)c1ccc2[nH]c3ccc(C)cc3c2c1. The molecule has 0 radical (unpaired) electrons. The Kier molecular flexibility index (Phi) is 2.75. The third-order valence-corrected chi connectivity index (χ3v) is 3.27. The van der Waals surface area contributed by atoms with E-state index in [2.05, 4.69) is 30.1 Å². The highest BCUT2D eigenvalue weighted by Crippen LogP contribution is 2.27. The highest BCUT2D eigenvalue weighted by Gasteiger charge is 2.10. The Labute approximate surface area is 111 Å². The van der Waals surface area contributed by atoms with E-state index in [0.29, 0.717) is 12.2 Å². The predicted molar refractivity (Wildman–Crippen MR) is 76.5 cm³/mol. The number of nitrogens with one attached hydrogen (secondary N) is 1. The number of fused-ring (bicyclic) bond motifs is 3. The number of hydrogen-bond acceptors (Lipinski definition) is 2. The molecular formula is C16H15NO2. The highest BCUT2D eigenvalue weighted by molar-refractivity contribution is 6.09. The van der Waals surface area contributed by atoms with Gasteiger partial charge in [0.25, 0.3) is 0 Å². The quantitative estimate of drug-likeness (QED) is 0.706. The monoisotopic (exact) mass is 253 g/mol. The first-order chi connectivity index (χ1) is 9.19. The van der Waals surface area contributed by atoms with E-state index in [9.17, 15) is 4.79 Å². The molecule has 1 aromatic heterocycles. The molecule has 0 saturated heterocycles. The van der Waals surface area contributed by atoms with Crippen molar-refractivity contribution in [2.24, 2.45) is 0 Å². The molecule has 0 fully saturated rings. The number of ether oxygens (including phenoxy) is 1. The summed E-state index contributed by atoms with van der Waals surface area (Å²) in [6.45, 7) is 4.27. The van der Waals surface area contributed by atoms with Gasteiger partial charge in [-0.05, 0) is 44.2 Å². The van der Waals surface area contributed by atoms with E-state index >= 15 is 0 Å². The topological polar surface area (TPSA) is 42.1 Å². The van der Waals surface area contributed by atoms with Crippen molar-refractivity contribution in [2.75, 3.05) is 6.61 Å². The van der Waals surface area contributed by atoms with Crippen molar-refractivity contribution >= 4 is 27.8 Å². The van der Waals surface area contributed by atoms with E-state index in [0.717, 1.165) is 21.8 Å². The molecule has 3 aromatic rings. The summed E-state index contributed by atoms with van der Waals surface area (Å²) in [5, 5.41) is 2.20. The fourth-order valence-electron chi connectivity index (χ4n) is 2.35. The number of hydrogen-bond donors (Lipinski definition) is 1. The van der Waals surface area contributed by atoms with Crippen molar-refractivity contribution in [3.63, 3.8) is 0 Å². The molecule has 0 bridgehead atoms. The molecule has 3 nitrogen and oxygen atoms in total. The summed E-state index contributed by atoms with van der Waals surface area (Å²) in [5.74, 6) is -0.272. The molecule has 0 unspecified atom stereocenters. The first kappa shape index (κ1) is 11.8. The molecule has 0 amide bonds. The molecule has 96 valence electrons. The molecule has 0 aliphatic heterocycles. The third-order valence-electron chi connectivity index (χ3n) is 3.27. The zero-order valence-electron chi connectivity index (χ0n) is 11.0. The van der Waals surface area contributed by atoms with Gasteiger partial charge in [0.2, 0.25) is 0 Å². The minimum Gasteiger partial charge on any atom is -0.462 e. The van der Waals surface area contributed by atoms with Crippen molar-refractivity contribution in [1.29, 1.82) is 0 Å². The number of aryl methyl sites for hydroxylation is 1. The normalized spacial score (nSPS) is 11.1.